The lowest BCUT2D eigenvalue weighted by Crippen LogP contribution is -2.33. The zero-order valence-electron chi connectivity index (χ0n) is 31.5. The molecule has 0 aliphatic carbocycles. The van der Waals surface area contributed by atoms with Crippen LogP contribution in [0.15, 0.2) is 132 Å². The van der Waals surface area contributed by atoms with E-state index in [2.05, 4.69) is 25.1 Å². The first-order valence-corrected chi connectivity index (χ1v) is 18.0. The number of anilines is 1. The van der Waals surface area contributed by atoms with E-state index >= 15 is 0 Å². The van der Waals surface area contributed by atoms with E-state index in [1.807, 2.05) is 76.2 Å². The lowest BCUT2D eigenvalue weighted by atomic mass is 10.1. The number of nitrogens with two attached hydrogens (primary N) is 1. The molecule has 0 atom stereocenters. The molecule has 15 heteroatoms. The second kappa shape index (κ2) is 16.9. The standard InChI is InChI=1S/C21H18N4O4.C12H14N2O2.C9H7NO2/c1-12(2)11-25-19(26)14-9-6-10-15(16(14)20(25)27)22-23-18-17(24-29-21(18)28)13-7-4-3-5-8-13;1-7(2)6-14-11(15)8-4-3-5-9(13)10(8)12(14)16;11-9-6-8(10-12-9)7-4-2-1-3-5-7/h3-10,12,24H,11H2,1-2H3;3-5,7H,6,13H2,1-2H3;1-6,10H. The molecule has 4 N–H and O–H groups in total. The van der Waals surface area contributed by atoms with Crippen molar-refractivity contribution < 1.29 is 28.2 Å². The predicted octanol–water partition coefficient (Wildman–Crippen LogP) is 7.46. The quantitative estimate of drug-likeness (QED) is 0.0794. The molecule has 290 valence electrons. The fourth-order valence-electron chi connectivity index (χ4n) is 6.15. The Labute approximate surface area is 325 Å². The van der Waals surface area contributed by atoms with Gasteiger partial charge in [-0.2, -0.15) is 0 Å². The molecule has 2 aliphatic heterocycles. The maximum Gasteiger partial charge on any atom is 0.385 e. The van der Waals surface area contributed by atoms with Crippen molar-refractivity contribution in [3.8, 4) is 22.5 Å². The summed E-state index contributed by atoms with van der Waals surface area (Å²) in [6.45, 7) is 8.55. The van der Waals surface area contributed by atoms with Crippen LogP contribution in [0.5, 0.6) is 0 Å². The highest BCUT2D eigenvalue weighted by molar-refractivity contribution is 6.24. The first-order chi connectivity index (χ1) is 27.3. The number of fused-ring (bicyclic) bond motifs is 2. The van der Waals surface area contributed by atoms with Crippen LogP contribution in [0.25, 0.3) is 22.5 Å². The molecule has 0 bridgehead atoms. The highest BCUT2D eigenvalue weighted by Crippen LogP contribution is 2.34. The second-order valence-electron chi connectivity index (χ2n) is 13.9. The monoisotopic (exact) mass is 769 g/mol. The summed E-state index contributed by atoms with van der Waals surface area (Å²) < 4.78 is 9.40. The fourth-order valence-corrected chi connectivity index (χ4v) is 6.15. The predicted molar refractivity (Wildman–Crippen MR) is 211 cm³/mol. The number of benzene rings is 4. The van der Waals surface area contributed by atoms with Crippen LogP contribution in [-0.2, 0) is 0 Å². The molecule has 0 saturated carbocycles. The van der Waals surface area contributed by atoms with Gasteiger partial charge < -0.3 is 14.8 Å². The normalized spacial score (nSPS) is 13.2. The van der Waals surface area contributed by atoms with Gasteiger partial charge in [-0.05, 0) is 36.1 Å². The first-order valence-electron chi connectivity index (χ1n) is 18.0. The minimum absolute atomic E-state index is 0.00962. The maximum absolute atomic E-state index is 12.8. The smallest absolute Gasteiger partial charge is 0.385 e. The van der Waals surface area contributed by atoms with Crippen LogP contribution in [0.4, 0.5) is 17.1 Å². The molecule has 0 spiro atoms. The highest BCUT2D eigenvalue weighted by Gasteiger charge is 2.38. The van der Waals surface area contributed by atoms with Gasteiger partial charge in [-0.25, -0.2) is 19.9 Å². The fraction of sp³-hybridized carbons (Fsp3) is 0.190. The van der Waals surface area contributed by atoms with Gasteiger partial charge in [-0.3, -0.25) is 29.0 Å². The summed E-state index contributed by atoms with van der Waals surface area (Å²) in [7, 11) is 0. The minimum Gasteiger partial charge on any atom is -0.398 e. The number of nitrogens with zero attached hydrogens (tertiary/aromatic N) is 4. The number of imide groups is 2. The van der Waals surface area contributed by atoms with Crippen molar-refractivity contribution in [3.05, 3.63) is 146 Å². The molecule has 8 rings (SSSR count). The van der Waals surface area contributed by atoms with Crippen molar-refractivity contribution in [2.75, 3.05) is 18.8 Å². The molecule has 0 fully saturated rings. The number of amides is 4. The van der Waals surface area contributed by atoms with Gasteiger partial charge in [0.15, 0.2) is 5.69 Å². The third kappa shape index (κ3) is 8.47. The molecule has 0 unspecified atom stereocenters. The van der Waals surface area contributed by atoms with E-state index in [0.717, 1.165) is 5.56 Å². The van der Waals surface area contributed by atoms with Crippen molar-refractivity contribution in [1.82, 2.24) is 20.1 Å². The Hall–Kier alpha value is -7.42. The number of carbonyl (C=O) groups is 4. The van der Waals surface area contributed by atoms with Crippen LogP contribution >= 0.6 is 0 Å². The number of hydrogen-bond acceptors (Lipinski definition) is 11. The van der Waals surface area contributed by atoms with Gasteiger partial charge in [0.25, 0.3) is 23.6 Å². The Morgan fingerprint density at radius 3 is 1.68 bits per heavy atom. The van der Waals surface area contributed by atoms with Crippen LogP contribution < -0.4 is 17.0 Å². The lowest BCUT2D eigenvalue weighted by molar-refractivity contribution is 0.0621. The van der Waals surface area contributed by atoms with E-state index in [-0.39, 0.29) is 57.7 Å². The summed E-state index contributed by atoms with van der Waals surface area (Å²) in [5, 5.41) is 13.2. The largest absolute Gasteiger partial charge is 0.398 e. The molecular weight excluding hydrogens is 731 g/mol. The average molecular weight is 770 g/mol. The maximum atomic E-state index is 12.8. The first kappa shape index (κ1) is 39.3. The summed E-state index contributed by atoms with van der Waals surface area (Å²) >= 11 is 0. The van der Waals surface area contributed by atoms with Gasteiger partial charge in [0.2, 0.25) is 0 Å². The van der Waals surface area contributed by atoms with Gasteiger partial charge in [0, 0.05) is 29.9 Å². The number of nitrogen functional groups attached to an aromatic ring is 1. The molecule has 0 radical (unpaired) electrons. The molecule has 4 heterocycles. The summed E-state index contributed by atoms with van der Waals surface area (Å²) in [4.78, 5) is 74.5. The Balaban J connectivity index is 0.000000164. The zero-order valence-corrected chi connectivity index (χ0v) is 31.5. The Kier molecular flexibility index (Phi) is 11.7. The van der Waals surface area contributed by atoms with Gasteiger partial charge in [0.05, 0.1) is 39.7 Å². The van der Waals surface area contributed by atoms with E-state index in [9.17, 15) is 28.8 Å². The van der Waals surface area contributed by atoms with E-state index in [0.29, 0.717) is 46.9 Å². The number of carbonyl (C=O) groups excluding carboxylic acids is 4. The van der Waals surface area contributed by atoms with Gasteiger partial charge >= 0.3 is 11.3 Å². The Morgan fingerprint density at radius 1 is 0.596 bits per heavy atom. The van der Waals surface area contributed by atoms with E-state index in [1.54, 1.807) is 48.5 Å². The number of azo groups is 1. The molecule has 0 saturated heterocycles. The summed E-state index contributed by atoms with van der Waals surface area (Å²) in [5.74, 6) is -0.865. The number of rotatable bonds is 8. The van der Waals surface area contributed by atoms with Crippen LogP contribution in [0.3, 0.4) is 0 Å². The molecule has 57 heavy (non-hydrogen) atoms. The lowest BCUT2D eigenvalue weighted by Gasteiger charge is -2.15. The topological polar surface area (TPSA) is 218 Å². The van der Waals surface area contributed by atoms with Crippen molar-refractivity contribution in [2.24, 2.45) is 22.1 Å². The molecule has 2 aliphatic rings. The van der Waals surface area contributed by atoms with Crippen molar-refractivity contribution in [2.45, 2.75) is 27.7 Å². The SMILES string of the molecule is CC(C)CN1C(=O)c2cccc(N)c2C1=O.CC(C)CN1C(=O)c2cccc(N=Nc3c(-c4ccccc4)[nH]oc3=O)c2C1=O.O=c1cc(-c2ccccc2)[nH]o1. The average Bonchev–Trinajstić information content (AvgIpc) is 3.93. The van der Waals surface area contributed by atoms with E-state index < -0.39 is 11.5 Å². The van der Waals surface area contributed by atoms with Crippen molar-refractivity contribution in [1.29, 1.82) is 0 Å². The van der Waals surface area contributed by atoms with E-state index in [4.69, 9.17) is 10.3 Å². The number of nitrogens with one attached hydrogen (secondary N) is 2. The van der Waals surface area contributed by atoms with Gasteiger partial charge in [-0.15, -0.1) is 10.2 Å². The van der Waals surface area contributed by atoms with E-state index in [1.165, 1.54) is 15.9 Å². The van der Waals surface area contributed by atoms with Crippen molar-refractivity contribution in [3.63, 3.8) is 0 Å². The third-order valence-corrected chi connectivity index (χ3v) is 8.71. The number of hydrogen-bond donors (Lipinski definition) is 3. The Morgan fingerprint density at radius 2 is 1.14 bits per heavy atom. The van der Waals surface area contributed by atoms with Gasteiger partial charge in [0.1, 0.15) is 5.69 Å². The molecular formula is C42H39N7O8. The zero-order chi connectivity index (χ0) is 40.8. The summed E-state index contributed by atoms with van der Waals surface area (Å²) in [6, 6.07) is 29.8. The number of H-pyrrole nitrogens is 2. The molecule has 15 nitrogen and oxygen atoms in total. The van der Waals surface area contributed by atoms with Crippen LogP contribution in [0, 0.1) is 11.8 Å². The molecule has 2 aromatic heterocycles. The minimum atomic E-state index is -0.677. The van der Waals surface area contributed by atoms with Crippen LogP contribution in [-0.4, -0.2) is 56.8 Å². The third-order valence-electron chi connectivity index (χ3n) is 8.71. The number of aromatic amines is 2. The van der Waals surface area contributed by atoms with Crippen LogP contribution in [0.1, 0.15) is 69.1 Å². The van der Waals surface area contributed by atoms with Gasteiger partial charge in [-0.1, -0.05) is 100 Å². The summed E-state index contributed by atoms with van der Waals surface area (Å²) in [5.41, 5.74) is 9.30. The number of aromatic nitrogens is 2. The highest BCUT2D eigenvalue weighted by atomic mass is 16.5. The molecule has 6 aromatic rings. The van der Waals surface area contributed by atoms with Crippen LogP contribution in [0.2, 0.25) is 0 Å². The molecule has 4 amide bonds. The second-order valence-corrected chi connectivity index (χ2v) is 13.9. The summed E-state index contributed by atoms with van der Waals surface area (Å²) in [6.07, 6.45) is 0. The Bertz CT molecular complexity index is 2580. The molecule has 4 aromatic carbocycles. The van der Waals surface area contributed by atoms with Crippen molar-refractivity contribution >= 4 is 40.7 Å².